The van der Waals surface area contributed by atoms with Crippen LogP contribution in [0.2, 0.25) is 0 Å². The summed E-state index contributed by atoms with van der Waals surface area (Å²) in [4.78, 5) is 0.294. The van der Waals surface area contributed by atoms with E-state index in [2.05, 4.69) is 12.0 Å². The second kappa shape index (κ2) is 7.07. The van der Waals surface area contributed by atoms with Gasteiger partial charge in [0.05, 0.1) is 5.69 Å². The lowest BCUT2D eigenvalue weighted by Gasteiger charge is -2.21. The number of aryl methyl sites for hydroxylation is 2. The number of hydrogen-bond acceptors (Lipinski definition) is 3. The normalized spacial score (nSPS) is 12.0. The first-order valence-electron chi connectivity index (χ1n) is 7.49. The summed E-state index contributed by atoms with van der Waals surface area (Å²) in [6.07, 6.45) is 3.37. The molecule has 120 valence electrons. The predicted octanol–water partition coefficient (Wildman–Crippen LogP) is 2.72. The van der Waals surface area contributed by atoms with E-state index in [0.717, 1.165) is 18.4 Å². The van der Waals surface area contributed by atoms with Crippen molar-refractivity contribution in [1.29, 1.82) is 0 Å². The molecule has 0 aliphatic carbocycles. The maximum atomic E-state index is 12.9. The Bertz CT molecular complexity index is 708. The van der Waals surface area contributed by atoms with Gasteiger partial charge in [0.2, 0.25) is 10.0 Å². The van der Waals surface area contributed by atoms with Crippen molar-refractivity contribution >= 4 is 10.0 Å². The van der Waals surface area contributed by atoms with Gasteiger partial charge in [0, 0.05) is 26.3 Å². The van der Waals surface area contributed by atoms with E-state index < -0.39 is 10.0 Å². The average Bonchev–Trinajstić information content (AvgIpc) is 2.84. The topological polar surface area (TPSA) is 55.2 Å². The van der Waals surface area contributed by atoms with Crippen molar-refractivity contribution in [3.63, 3.8) is 0 Å². The zero-order valence-corrected chi connectivity index (χ0v) is 14.2. The maximum Gasteiger partial charge on any atom is 0.246 e. The molecule has 0 atom stereocenters. The number of aromatic nitrogens is 2. The maximum absolute atomic E-state index is 12.9. The van der Waals surface area contributed by atoms with Gasteiger partial charge in [0.1, 0.15) is 4.90 Å². The van der Waals surface area contributed by atoms with E-state index in [1.807, 2.05) is 30.3 Å². The zero-order valence-electron chi connectivity index (χ0n) is 13.4. The number of unbranched alkanes of at least 4 members (excludes halogenated alkanes) is 1. The van der Waals surface area contributed by atoms with Gasteiger partial charge in [-0.25, -0.2) is 8.42 Å². The molecule has 1 aromatic carbocycles. The molecule has 0 bridgehead atoms. The number of rotatable bonds is 7. The summed E-state index contributed by atoms with van der Waals surface area (Å²) in [5.74, 6) is 0. The minimum Gasteiger partial charge on any atom is -0.274 e. The molecular formula is C16H23N3O2S. The molecule has 2 aromatic rings. The van der Waals surface area contributed by atoms with Crippen LogP contribution in [-0.2, 0) is 23.6 Å². The van der Waals surface area contributed by atoms with Crippen molar-refractivity contribution in [3.8, 4) is 0 Å². The summed E-state index contributed by atoms with van der Waals surface area (Å²) >= 11 is 0. The fourth-order valence-corrected chi connectivity index (χ4v) is 4.04. The van der Waals surface area contributed by atoms with Crippen LogP contribution in [0.4, 0.5) is 0 Å². The molecule has 0 spiro atoms. The van der Waals surface area contributed by atoms with E-state index in [9.17, 15) is 8.42 Å². The molecule has 6 heteroatoms. The summed E-state index contributed by atoms with van der Waals surface area (Å²) < 4.78 is 29.0. The Balaban J connectivity index is 2.33. The van der Waals surface area contributed by atoms with E-state index in [1.165, 1.54) is 0 Å². The molecule has 0 N–H and O–H groups in total. The highest BCUT2D eigenvalue weighted by Gasteiger charge is 2.27. The monoisotopic (exact) mass is 321 g/mol. The SMILES string of the molecule is CCCCN(Cc1ccccc1)S(=O)(=O)c1cn(C)nc1C. The highest BCUT2D eigenvalue weighted by molar-refractivity contribution is 7.89. The zero-order chi connectivity index (χ0) is 16.2. The molecule has 0 saturated carbocycles. The van der Waals surface area contributed by atoms with E-state index in [1.54, 1.807) is 29.2 Å². The van der Waals surface area contributed by atoms with Crippen molar-refractivity contribution in [2.45, 2.75) is 38.1 Å². The first-order chi connectivity index (χ1) is 10.4. The van der Waals surface area contributed by atoms with E-state index in [-0.39, 0.29) is 0 Å². The van der Waals surface area contributed by atoms with Crippen LogP contribution < -0.4 is 0 Å². The third-order valence-corrected chi connectivity index (χ3v) is 5.50. The molecule has 0 radical (unpaired) electrons. The largest absolute Gasteiger partial charge is 0.274 e. The first-order valence-corrected chi connectivity index (χ1v) is 8.93. The third-order valence-electron chi connectivity index (χ3n) is 3.55. The second-order valence-electron chi connectivity index (χ2n) is 5.43. The molecule has 0 unspecified atom stereocenters. The molecule has 0 aliphatic heterocycles. The number of nitrogens with zero attached hydrogens (tertiary/aromatic N) is 3. The van der Waals surface area contributed by atoms with Gasteiger partial charge >= 0.3 is 0 Å². The van der Waals surface area contributed by atoms with E-state index in [0.29, 0.717) is 23.7 Å². The van der Waals surface area contributed by atoms with Gasteiger partial charge in [-0.3, -0.25) is 4.68 Å². The minimum atomic E-state index is -3.53. The second-order valence-corrected chi connectivity index (χ2v) is 7.34. The van der Waals surface area contributed by atoms with Crippen LogP contribution >= 0.6 is 0 Å². The quantitative estimate of drug-likeness (QED) is 0.788. The van der Waals surface area contributed by atoms with Crippen LogP contribution in [0.5, 0.6) is 0 Å². The number of benzene rings is 1. The molecule has 0 fully saturated rings. The molecule has 5 nitrogen and oxygen atoms in total. The van der Waals surface area contributed by atoms with Crippen LogP contribution in [0.1, 0.15) is 31.0 Å². The molecule has 0 saturated heterocycles. The van der Waals surface area contributed by atoms with Crippen LogP contribution in [0.25, 0.3) is 0 Å². The van der Waals surface area contributed by atoms with Crippen LogP contribution in [-0.4, -0.2) is 29.0 Å². The van der Waals surface area contributed by atoms with Crippen molar-refractivity contribution in [1.82, 2.24) is 14.1 Å². The fraction of sp³-hybridized carbons (Fsp3) is 0.438. The van der Waals surface area contributed by atoms with Gasteiger partial charge in [0.15, 0.2) is 0 Å². The molecule has 0 amide bonds. The summed E-state index contributed by atoms with van der Waals surface area (Å²) in [7, 11) is -1.80. The lowest BCUT2D eigenvalue weighted by atomic mass is 10.2. The summed E-state index contributed by atoms with van der Waals surface area (Å²) in [5, 5.41) is 4.16. The molecule has 0 aliphatic rings. The van der Waals surface area contributed by atoms with Gasteiger partial charge in [-0.15, -0.1) is 0 Å². The van der Waals surface area contributed by atoms with E-state index in [4.69, 9.17) is 0 Å². The van der Waals surface area contributed by atoms with Crippen molar-refractivity contribution < 1.29 is 8.42 Å². The standard InChI is InChI=1S/C16H23N3O2S/c1-4-5-11-19(12-15-9-7-6-8-10-15)22(20,21)16-13-18(3)17-14(16)2/h6-10,13H,4-5,11-12H2,1-3H3. The summed E-state index contributed by atoms with van der Waals surface area (Å²) in [5.41, 5.74) is 1.53. The van der Waals surface area contributed by atoms with Crippen molar-refractivity contribution in [3.05, 3.63) is 47.8 Å². The minimum absolute atomic E-state index is 0.294. The van der Waals surface area contributed by atoms with Crippen molar-refractivity contribution in [2.24, 2.45) is 7.05 Å². The van der Waals surface area contributed by atoms with Gasteiger partial charge in [-0.2, -0.15) is 9.40 Å². The lowest BCUT2D eigenvalue weighted by molar-refractivity contribution is 0.397. The predicted molar refractivity (Wildman–Crippen MR) is 86.9 cm³/mol. The number of hydrogen-bond donors (Lipinski definition) is 0. The third kappa shape index (κ3) is 3.75. The lowest BCUT2D eigenvalue weighted by Crippen LogP contribution is -2.31. The smallest absolute Gasteiger partial charge is 0.246 e. The summed E-state index contributed by atoms with van der Waals surface area (Å²) in [6.45, 7) is 4.69. The molecular weight excluding hydrogens is 298 g/mol. The summed E-state index contributed by atoms with van der Waals surface area (Å²) in [6, 6.07) is 9.68. The highest BCUT2D eigenvalue weighted by Crippen LogP contribution is 2.21. The van der Waals surface area contributed by atoms with Crippen molar-refractivity contribution in [2.75, 3.05) is 6.54 Å². The molecule has 1 heterocycles. The Morgan fingerprint density at radius 1 is 1.23 bits per heavy atom. The Morgan fingerprint density at radius 3 is 2.45 bits per heavy atom. The van der Waals surface area contributed by atoms with Crippen LogP contribution in [0, 0.1) is 6.92 Å². The van der Waals surface area contributed by atoms with Gasteiger partial charge in [-0.05, 0) is 18.9 Å². The molecule has 1 aromatic heterocycles. The average molecular weight is 321 g/mol. The number of sulfonamides is 1. The first kappa shape index (κ1) is 16.7. The fourth-order valence-electron chi connectivity index (χ4n) is 2.38. The van der Waals surface area contributed by atoms with Gasteiger partial charge < -0.3 is 0 Å². The van der Waals surface area contributed by atoms with Crippen LogP contribution in [0.15, 0.2) is 41.4 Å². The highest BCUT2D eigenvalue weighted by atomic mass is 32.2. The Morgan fingerprint density at radius 2 is 1.91 bits per heavy atom. The molecule has 2 rings (SSSR count). The Labute approximate surface area is 132 Å². The van der Waals surface area contributed by atoms with E-state index >= 15 is 0 Å². The van der Waals surface area contributed by atoms with Gasteiger partial charge in [0.25, 0.3) is 0 Å². The molecule has 22 heavy (non-hydrogen) atoms. The van der Waals surface area contributed by atoms with Crippen LogP contribution in [0.3, 0.4) is 0 Å². The Kier molecular flexibility index (Phi) is 5.37. The Hall–Kier alpha value is -1.66. The van der Waals surface area contributed by atoms with Gasteiger partial charge in [-0.1, -0.05) is 43.7 Å².